The van der Waals surface area contributed by atoms with E-state index < -0.39 is 0 Å². The van der Waals surface area contributed by atoms with Gasteiger partial charge >= 0.3 is 11.8 Å². The number of hydrogen-bond acceptors (Lipinski definition) is 0. The Morgan fingerprint density at radius 2 is 2.09 bits per heavy atom. The van der Waals surface area contributed by atoms with Gasteiger partial charge in [0.1, 0.15) is 0 Å². The topological polar surface area (TPSA) is 11.3 Å². The first-order valence-corrected chi connectivity index (χ1v) is 3.70. The first-order chi connectivity index (χ1) is 5.36. The Kier molecular flexibility index (Phi) is 1.51. The van der Waals surface area contributed by atoms with Gasteiger partial charge in [0, 0.05) is 17.2 Å². The van der Waals surface area contributed by atoms with Gasteiger partial charge in [-0.05, 0) is 18.2 Å². The van der Waals surface area contributed by atoms with Crippen LogP contribution in [0.3, 0.4) is 0 Å². The molecule has 11 heavy (non-hydrogen) atoms. The van der Waals surface area contributed by atoms with Crippen LogP contribution in [0.15, 0.2) is 41.0 Å². The molecule has 1 aromatic heterocycles. The highest BCUT2D eigenvalue weighted by Crippen LogP contribution is 2.18. The number of rotatable bonds is 0. The molecule has 0 aliphatic carbocycles. The van der Waals surface area contributed by atoms with Gasteiger partial charge in [0.25, 0.3) is 0 Å². The van der Waals surface area contributed by atoms with Crippen LogP contribution >= 0.6 is 11.6 Å². The molecule has 0 aliphatic rings. The second kappa shape index (κ2) is 2.51. The second-order valence-corrected chi connectivity index (χ2v) is 2.73. The Labute approximate surface area is 69.2 Å². The third kappa shape index (κ3) is 1.19. The molecule has 0 bridgehead atoms. The van der Waals surface area contributed by atoms with E-state index in [-0.39, 0.29) is 0 Å². The van der Waals surface area contributed by atoms with E-state index >= 15 is 0 Å². The maximum Gasteiger partial charge on any atom is 0.359 e. The summed E-state index contributed by atoms with van der Waals surface area (Å²) in [5.41, 5.74) is 0.858. The Morgan fingerprint density at radius 3 is 3.00 bits per heavy atom. The van der Waals surface area contributed by atoms with E-state index in [0.717, 1.165) is 16.0 Å². The summed E-state index contributed by atoms with van der Waals surface area (Å²) in [5, 5.41) is 1.76. The minimum absolute atomic E-state index is 0.735. The van der Waals surface area contributed by atoms with Gasteiger partial charge in [-0.3, -0.25) is 0 Å². The summed E-state index contributed by atoms with van der Waals surface area (Å²) in [7, 11) is 0. The van der Waals surface area contributed by atoms with E-state index in [1.807, 2.05) is 30.3 Å². The summed E-state index contributed by atoms with van der Waals surface area (Å²) < 4.78 is 5.21. The summed E-state index contributed by atoms with van der Waals surface area (Å²) in [6, 6.07) is 9.36. The molecule has 54 valence electrons. The van der Waals surface area contributed by atoms with Crippen molar-refractivity contribution >= 4 is 22.6 Å². The van der Waals surface area contributed by atoms with Gasteiger partial charge in [-0.15, -0.1) is 0 Å². The van der Waals surface area contributed by atoms with Gasteiger partial charge in [0.2, 0.25) is 0 Å². The molecule has 0 radical (unpaired) electrons. The zero-order chi connectivity index (χ0) is 7.68. The fraction of sp³-hybridized carbons (Fsp3) is 0. The molecular formula is C9H6ClO+. The van der Waals surface area contributed by atoms with Crippen LogP contribution in [0, 0.1) is 0 Å². The Bertz CT molecular complexity index is 384. The SMILES string of the molecule is Clc1ccc2[o+]cccc2c1. The highest BCUT2D eigenvalue weighted by molar-refractivity contribution is 6.31. The van der Waals surface area contributed by atoms with E-state index in [1.165, 1.54) is 0 Å². The molecule has 0 unspecified atom stereocenters. The summed E-state index contributed by atoms with van der Waals surface area (Å²) >= 11 is 5.78. The van der Waals surface area contributed by atoms with Gasteiger partial charge in [0.05, 0.1) is 5.39 Å². The average Bonchev–Trinajstić information content (AvgIpc) is 2.04. The third-order valence-corrected chi connectivity index (χ3v) is 1.76. The van der Waals surface area contributed by atoms with E-state index in [9.17, 15) is 0 Å². The van der Waals surface area contributed by atoms with Gasteiger partial charge in [-0.1, -0.05) is 11.6 Å². The second-order valence-electron chi connectivity index (χ2n) is 2.30. The Balaban J connectivity index is 2.83. The molecule has 0 amide bonds. The molecule has 0 N–H and O–H groups in total. The average molecular weight is 166 g/mol. The van der Waals surface area contributed by atoms with Crippen molar-refractivity contribution in [2.75, 3.05) is 0 Å². The lowest BCUT2D eigenvalue weighted by atomic mass is 10.2. The molecule has 1 aromatic carbocycles. The van der Waals surface area contributed by atoms with Gasteiger partial charge in [-0.2, -0.15) is 0 Å². The smallest absolute Gasteiger partial charge is 0.216 e. The van der Waals surface area contributed by atoms with Crippen LogP contribution in [-0.4, -0.2) is 0 Å². The number of hydrogen-bond donors (Lipinski definition) is 0. The van der Waals surface area contributed by atoms with E-state index in [1.54, 1.807) is 6.26 Å². The minimum atomic E-state index is 0.735. The van der Waals surface area contributed by atoms with Crippen LogP contribution in [0.2, 0.25) is 5.02 Å². The third-order valence-electron chi connectivity index (χ3n) is 1.52. The molecule has 0 fully saturated rings. The zero-order valence-corrected chi connectivity index (χ0v) is 6.51. The molecule has 2 rings (SSSR count). The fourth-order valence-electron chi connectivity index (χ4n) is 1.01. The molecule has 1 heterocycles. The van der Waals surface area contributed by atoms with Crippen LogP contribution in [0.5, 0.6) is 0 Å². The van der Waals surface area contributed by atoms with Crippen LogP contribution in [0.25, 0.3) is 11.0 Å². The standard InChI is InChI=1S/C9H6ClO/c10-8-3-4-9-7(6-8)2-1-5-11-9/h1-6H/q+1. The zero-order valence-electron chi connectivity index (χ0n) is 5.75. The quantitative estimate of drug-likeness (QED) is 0.545. The molecule has 0 saturated carbocycles. The fourth-order valence-corrected chi connectivity index (χ4v) is 1.19. The van der Waals surface area contributed by atoms with Crippen LogP contribution in [0.4, 0.5) is 0 Å². The first kappa shape index (κ1) is 6.62. The van der Waals surface area contributed by atoms with Crippen molar-refractivity contribution in [3.63, 3.8) is 0 Å². The summed E-state index contributed by atoms with van der Waals surface area (Å²) in [4.78, 5) is 0. The molecule has 1 nitrogen and oxygen atoms in total. The van der Waals surface area contributed by atoms with Gasteiger partial charge < -0.3 is 0 Å². The van der Waals surface area contributed by atoms with Crippen molar-refractivity contribution in [1.29, 1.82) is 0 Å². The molecular weight excluding hydrogens is 160 g/mol. The van der Waals surface area contributed by atoms with Crippen molar-refractivity contribution in [2.24, 2.45) is 0 Å². The molecule has 0 aliphatic heterocycles. The molecule has 0 atom stereocenters. The molecule has 0 spiro atoms. The van der Waals surface area contributed by atoms with Crippen molar-refractivity contribution in [3.8, 4) is 0 Å². The number of benzene rings is 1. The van der Waals surface area contributed by atoms with Crippen molar-refractivity contribution < 1.29 is 4.42 Å². The lowest BCUT2D eigenvalue weighted by molar-refractivity contribution is 0.604. The minimum Gasteiger partial charge on any atom is -0.216 e. The van der Waals surface area contributed by atoms with Crippen LogP contribution in [-0.2, 0) is 0 Å². The van der Waals surface area contributed by atoms with E-state index in [2.05, 4.69) is 0 Å². The summed E-state index contributed by atoms with van der Waals surface area (Å²) in [5.74, 6) is 0. The Morgan fingerprint density at radius 1 is 1.18 bits per heavy atom. The largest absolute Gasteiger partial charge is 0.359 e. The monoisotopic (exact) mass is 165 g/mol. The van der Waals surface area contributed by atoms with Crippen LogP contribution in [0.1, 0.15) is 0 Å². The Hall–Kier alpha value is -1.08. The highest BCUT2D eigenvalue weighted by Gasteiger charge is 2.02. The first-order valence-electron chi connectivity index (χ1n) is 3.32. The predicted octanol–water partition coefficient (Wildman–Crippen LogP) is 3.37. The lowest BCUT2D eigenvalue weighted by Gasteiger charge is -1.86. The molecule has 2 heteroatoms. The molecule has 2 aromatic rings. The lowest BCUT2D eigenvalue weighted by Crippen LogP contribution is -1.69. The maximum atomic E-state index is 5.78. The number of halogens is 1. The normalized spacial score (nSPS) is 10.3. The predicted molar refractivity (Wildman–Crippen MR) is 45.6 cm³/mol. The van der Waals surface area contributed by atoms with Gasteiger partial charge in [0.15, 0.2) is 0 Å². The van der Waals surface area contributed by atoms with Crippen LogP contribution < -0.4 is 0 Å². The maximum absolute atomic E-state index is 5.78. The highest BCUT2D eigenvalue weighted by atomic mass is 35.5. The van der Waals surface area contributed by atoms with Crippen molar-refractivity contribution in [3.05, 3.63) is 41.6 Å². The summed E-state index contributed by atoms with van der Waals surface area (Å²) in [6.07, 6.45) is 1.65. The van der Waals surface area contributed by atoms with E-state index in [0.29, 0.717) is 0 Å². The van der Waals surface area contributed by atoms with E-state index in [4.69, 9.17) is 16.0 Å². The van der Waals surface area contributed by atoms with Gasteiger partial charge in [-0.25, -0.2) is 4.42 Å². The number of fused-ring (bicyclic) bond motifs is 1. The summed E-state index contributed by atoms with van der Waals surface area (Å²) in [6.45, 7) is 0. The van der Waals surface area contributed by atoms with Crippen molar-refractivity contribution in [2.45, 2.75) is 0 Å². The van der Waals surface area contributed by atoms with Crippen molar-refractivity contribution in [1.82, 2.24) is 0 Å². The molecule has 0 saturated heterocycles.